The smallest absolute Gasteiger partial charge is 0.236 e. The molecule has 1 fully saturated rings. The Balaban J connectivity index is 1.41. The Hall–Kier alpha value is -3.20. The highest BCUT2D eigenvalue weighted by molar-refractivity contribution is 7.91. The highest BCUT2D eigenvalue weighted by Crippen LogP contribution is 2.23. The summed E-state index contributed by atoms with van der Waals surface area (Å²) in [4.78, 5) is 11.4. The second kappa shape index (κ2) is 9.52. The zero-order valence-corrected chi connectivity index (χ0v) is 18.7. The maximum Gasteiger partial charge on any atom is 0.236 e. The molecule has 0 spiro atoms. The Bertz CT molecular complexity index is 1160. The van der Waals surface area contributed by atoms with Crippen molar-refractivity contribution in [2.24, 2.45) is 0 Å². The number of aryl methyl sites for hydroxylation is 1. The molecule has 32 heavy (non-hydrogen) atoms. The number of rotatable bonds is 7. The summed E-state index contributed by atoms with van der Waals surface area (Å²) in [5.41, 5.74) is 2.63. The van der Waals surface area contributed by atoms with Gasteiger partial charge < -0.3 is 10.2 Å². The van der Waals surface area contributed by atoms with Crippen LogP contribution in [0.5, 0.6) is 0 Å². The summed E-state index contributed by atoms with van der Waals surface area (Å²) in [6, 6.07) is 14.2. The minimum absolute atomic E-state index is 0.229. The molecule has 4 rings (SSSR count). The van der Waals surface area contributed by atoms with Gasteiger partial charge in [-0.3, -0.25) is 4.72 Å². The summed E-state index contributed by atoms with van der Waals surface area (Å²) in [5.74, 6) is 0.802. The van der Waals surface area contributed by atoms with Crippen LogP contribution >= 0.6 is 0 Å². The predicted molar refractivity (Wildman–Crippen MR) is 125 cm³/mol. The molecule has 1 aliphatic heterocycles. The normalized spacial score (nSPS) is 14.2. The van der Waals surface area contributed by atoms with Gasteiger partial charge in [0.15, 0.2) is 0 Å². The van der Waals surface area contributed by atoms with Crippen molar-refractivity contribution in [3.05, 3.63) is 71.7 Å². The van der Waals surface area contributed by atoms with Gasteiger partial charge in [-0.05, 0) is 68.1 Å². The first-order valence-electron chi connectivity index (χ1n) is 10.6. The average molecular weight is 456 g/mol. The average Bonchev–Trinajstić information content (AvgIpc) is 2.77. The van der Waals surface area contributed by atoms with Crippen molar-refractivity contribution in [1.82, 2.24) is 9.97 Å². The maximum atomic E-state index is 13.0. The van der Waals surface area contributed by atoms with Crippen molar-refractivity contribution in [2.45, 2.75) is 31.9 Å². The monoisotopic (exact) mass is 455 g/mol. The van der Waals surface area contributed by atoms with E-state index in [0.717, 1.165) is 43.3 Å². The summed E-state index contributed by atoms with van der Waals surface area (Å²) in [5, 5.41) is 3.27. The van der Waals surface area contributed by atoms with Gasteiger partial charge in [-0.25, -0.2) is 17.8 Å². The minimum Gasteiger partial charge on any atom is -0.341 e. The molecule has 168 valence electrons. The molecular weight excluding hydrogens is 429 g/mol. The third kappa shape index (κ3) is 5.94. The van der Waals surface area contributed by atoms with Gasteiger partial charge in [0, 0.05) is 36.2 Å². The third-order valence-electron chi connectivity index (χ3n) is 5.18. The lowest BCUT2D eigenvalue weighted by molar-refractivity contribution is 0.568. The van der Waals surface area contributed by atoms with E-state index in [2.05, 4.69) is 24.9 Å². The van der Waals surface area contributed by atoms with Crippen molar-refractivity contribution >= 4 is 33.2 Å². The molecule has 3 aromatic rings. The topological polar surface area (TPSA) is 87.2 Å². The van der Waals surface area contributed by atoms with Crippen molar-refractivity contribution in [1.29, 1.82) is 0 Å². The number of piperidine rings is 1. The first-order valence-corrected chi connectivity index (χ1v) is 12.2. The van der Waals surface area contributed by atoms with Crippen LogP contribution < -0.4 is 14.9 Å². The summed E-state index contributed by atoms with van der Waals surface area (Å²) in [6.45, 7) is 3.88. The fourth-order valence-corrected chi connectivity index (χ4v) is 4.84. The van der Waals surface area contributed by atoms with Crippen molar-refractivity contribution in [2.75, 3.05) is 28.0 Å². The van der Waals surface area contributed by atoms with Crippen LogP contribution in [0.4, 0.5) is 27.5 Å². The number of nitrogens with zero attached hydrogens (tertiary/aromatic N) is 3. The number of benzene rings is 2. The third-order valence-corrected chi connectivity index (χ3v) is 6.44. The standard InChI is InChI=1S/C23H26FN5O2S/c1-17-15-22(27-23(25-17)29-13-3-2-4-14-29)26-20-9-11-21(12-10-20)28-32(30,31)16-18-5-7-19(24)8-6-18/h5-12,15,28H,2-4,13-14,16H2,1H3,(H,25,26,27). The number of nitrogens with one attached hydrogen (secondary N) is 2. The highest BCUT2D eigenvalue weighted by atomic mass is 32.2. The van der Waals surface area contributed by atoms with E-state index >= 15 is 0 Å². The minimum atomic E-state index is -3.61. The number of anilines is 4. The number of hydrogen-bond acceptors (Lipinski definition) is 6. The van der Waals surface area contributed by atoms with E-state index in [1.165, 1.54) is 30.7 Å². The number of halogens is 1. The second-order valence-electron chi connectivity index (χ2n) is 7.93. The van der Waals surface area contributed by atoms with Gasteiger partial charge in [-0.2, -0.15) is 4.98 Å². The van der Waals surface area contributed by atoms with E-state index in [0.29, 0.717) is 17.1 Å². The summed E-state index contributed by atoms with van der Waals surface area (Å²) >= 11 is 0. The van der Waals surface area contributed by atoms with Crippen molar-refractivity contribution in [3.63, 3.8) is 0 Å². The van der Waals surface area contributed by atoms with E-state index in [4.69, 9.17) is 0 Å². The van der Waals surface area contributed by atoms with Crippen LogP contribution in [0.3, 0.4) is 0 Å². The Morgan fingerprint density at radius 2 is 1.59 bits per heavy atom. The Morgan fingerprint density at radius 1 is 0.938 bits per heavy atom. The molecule has 1 saturated heterocycles. The highest BCUT2D eigenvalue weighted by Gasteiger charge is 2.15. The predicted octanol–water partition coefficient (Wildman–Crippen LogP) is 4.60. The molecule has 2 N–H and O–H groups in total. The molecule has 2 aromatic carbocycles. The molecule has 0 radical (unpaired) electrons. The van der Waals surface area contributed by atoms with Crippen molar-refractivity contribution in [3.8, 4) is 0 Å². The first-order chi connectivity index (χ1) is 15.4. The van der Waals surface area contributed by atoms with E-state index in [1.807, 2.05) is 13.0 Å². The number of aromatic nitrogens is 2. The van der Waals surface area contributed by atoms with Crippen LogP contribution in [0.2, 0.25) is 0 Å². The number of sulfonamides is 1. The molecule has 2 heterocycles. The van der Waals surface area contributed by atoms with E-state index in [1.54, 1.807) is 24.3 Å². The molecular formula is C23H26FN5O2S. The molecule has 1 aliphatic rings. The van der Waals surface area contributed by atoms with Crippen LogP contribution in [0.25, 0.3) is 0 Å². The quantitative estimate of drug-likeness (QED) is 0.541. The van der Waals surface area contributed by atoms with Gasteiger partial charge in [0.1, 0.15) is 11.6 Å². The maximum absolute atomic E-state index is 13.0. The Morgan fingerprint density at radius 3 is 2.28 bits per heavy atom. The van der Waals surface area contributed by atoms with Crippen LogP contribution in [0.15, 0.2) is 54.6 Å². The molecule has 0 amide bonds. The Labute approximate surface area is 187 Å². The van der Waals surface area contributed by atoms with Gasteiger partial charge in [-0.1, -0.05) is 12.1 Å². The molecule has 0 unspecified atom stereocenters. The van der Waals surface area contributed by atoms with Gasteiger partial charge >= 0.3 is 0 Å². The fraction of sp³-hybridized carbons (Fsp3) is 0.304. The number of hydrogen-bond donors (Lipinski definition) is 2. The van der Waals surface area contributed by atoms with Crippen LogP contribution in [-0.4, -0.2) is 31.5 Å². The molecule has 9 heteroatoms. The second-order valence-corrected chi connectivity index (χ2v) is 9.65. The molecule has 0 saturated carbocycles. The zero-order chi connectivity index (χ0) is 22.6. The first kappa shape index (κ1) is 22.0. The van der Waals surface area contributed by atoms with E-state index < -0.39 is 15.8 Å². The summed E-state index contributed by atoms with van der Waals surface area (Å²) in [7, 11) is -3.61. The fourth-order valence-electron chi connectivity index (χ4n) is 3.64. The van der Waals surface area contributed by atoms with Crippen LogP contribution in [0, 0.1) is 12.7 Å². The molecule has 1 aromatic heterocycles. The van der Waals surface area contributed by atoms with E-state index in [-0.39, 0.29) is 5.75 Å². The van der Waals surface area contributed by atoms with Gasteiger partial charge in [-0.15, -0.1) is 0 Å². The summed E-state index contributed by atoms with van der Waals surface area (Å²) < 4.78 is 40.4. The summed E-state index contributed by atoms with van der Waals surface area (Å²) in [6.07, 6.45) is 3.55. The lowest BCUT2D eigenvalue weighted by atomic mass is 10.1. The van der Waals surface area contributed by atoms with Crippen molar-refractivity contribution < 1.29 is 12.8 Å². The lowest BCUT2D eigenvalue weighted by Gasteiger charge is -2.27. The lowest BCUT2D eigenvalue weighted by Crippen LogP contribution is -2.31. The SMILES string of the molecule is Cc1cc(Nc2ccc(NS(=O)(=O)Cc3ccc(F)cc3)cc2)nc(N2CCCCC2)n1. The largest absolute Gasteiger partial charge is 0.341 e. The van der Waals surface area contributed by atoms with Crippen LogP contribution in [0.1, 0.15) is 30.5 Å². The van der Waals surface area contributed by atoms with Gasteiger partial charge in [0.2, 0.25) is 16.0 Å². The molecule has 7 nitrogen and oxygen atoms in total. The Kier molecular flexibility index (Phi) is 6.55. The van der Waals surface area contributed by atoms with Crippen LogP contribution in [-0.2, 0) is 15.8 Å². The van der Waals surface area contributed by atoms with Gasteiger partial charge in [0.05, 0.1) is 5.75 Å². The zero-order valence-electron chi connectivity index (χ0n) is 17.9. The van der Waals surface area contributed by atoms with E-state index in [9.17, 15) is 12.8 Å². The van der Waals surface area contributed by atoms with Gasteiger partial charge in [0.25, 0.3) is 0 Å². The molecule has 0 bridgehead atoms. The molecule has 0 aliphatic carbocycles. The molecule has 0 atom stereocenters.